The van der Waals surface area contributed by atoms with Gasteiger partial charge in [0.25, 0.3) is 0 Å². The van der Waals surface area contributed by atoms with Crippen molar-refractivity contribution in [3.63, 3.8) is 0 Å². The van der Waals surface area contributed by atoms with Gasteiger partial charge >= 0.3 is 0 Å². The van der Waals surface area contributed by atoms with Gasteiger partial charge in [0.2, 0.25) is 5.91 Å². The number of nitrogens with one attached hydrogen (secondary N) is 1. The van der Waals surface area contributed by atoms with E-state index in [4.69, 9.17) is 9.47 Å². The third-order valence-corrected chi connectivity index (χ3v) is 4.89. The maximum absolute atomic E-state index is 12.3. The molecular weight excluding hydrogens is 374 g/mol. The van der Waals surface area contributed by atoms with Crippen molar-refractivity contribution in [2.75, 3.05) is 24.8 Å². The fourth-order valence-corrected chi connectivity index (χ4v) is 3.35. The summed E-state index contributed by atoms with van der Waals surface area (Å²) in [6.07, 6.45) is 0. The third-order valence-electron chi connectivity index (χ3n) is 3.90. The number of nitrogens with zero attached hydrogens (tertiary/aromatic N) is 2. The van der Waals surface area contributed by atoms with Crippen LogP contribution in [0.15, 0.2) is 53.6 Å². The lowest BCUT2D eigenvalue weighted by Gasteiger charge is -2.08. The Morgan fingerprint density at radius 3 is 2.61 bits per heavy atom. The molecule has 1 amide bonds. The standard InChI is InChI=1S/C21H19N3O3S/c1-3-27-17-6-4-16(5-7-17)23-20(25)13-28-21-15(12-22)10-14-11-18(26-2)8-9-19(14)24-21/h4-11H,3,13H2,1-2H3,(H,23,25). The van der Waals surface area contributed by atoms with Crippen LogP contribution in [0.25, 0.3) is 10.9 Å². The lowest BCUT2D eigenvalue weighted by Crippen LogP contribution is -2.14. The van der Waals surface area contributed by atoms with E-state index in [1.54, 1.807) is 37.4 Å². The van der Waals surface area contributed by atoms with Gasteiger partial charge in [-0.15, -0.1) is 0 Å². The minimum Gasteiger partial charge on any atom is -0.497 e. The van der Waals surface area contributed by atoms with Gasteiger partial charge in [-0.2, -0.15) is 5.26 Å². The zero-order chi connectivity index (χ0) is 19.9. The first-order valence-corrected chi connectivity index (χ1v) is 9.66. The molecule has 0 bridgehead atoms. The highest BCUT2D eigenvalue weighted by Crippen LogP contribution is 2.27. The van der Waals surface area contributed by atoms with Gasteiger partial charge in [-0.1, -0.05) is 11.8 Å². The van der Waals surface area contributed by atoms with Crippen molar-refractivity contribution in [2.45, 2.75) is 11.9 Å². The van der Waals surface area contributed by atoms with Crippen molar-refractivity contribution < 1.29 is 14.3 Å². The number of thioether (sulfide) groups is 1. The number of aromatic nitrogens is 1. The number of hydrogen-bond acceptors (Lipinski definition) is 6. The van der Waals surface area contributed by atoms with Crippen LogP contribution in [0.4, 0.5) is 5.69 Å². The molecule has 2 aromatic carbocycles. The van der Waals surface area contributed by atoms with Gasteiger partial charge in [0.05, 0.1) is 30.5 Å². The first kappa shape index (κ1) is 19.5. The smallest absolute Gasteiger partial charge is 0.234 e. The maximum Gasteiger partial charge on any atom is 0.234 e. The molecule has 0 saturated heterocycles. The summed E-state index contributed by atoms with van der Waals surface area (Å²) in [7, 11) is 1.59. The third kappa shape index (κ3) is 4.72. The van der Waals surface area contributed by atoms with Crippen LogP contribution in [-0.2, 0) is 4.79 Å². The molecule has 1 aromatic heterocycles. The average Bonchev–Trinajstić information content (AvgIpc) is 2.72. The maximum atomic E-state index is 12.3. The van der Waals surface area contributed by atoms with Gasteiger partial charge in [0.1, 0.15) is 22.6 Å². The number of carbonyl (C=O) groups excluding carboxylic acids is 1. The molecule has 0 aliphatic rings. The number of nitriles is 1. The Hall–Kier alpha value is -3.24. The number of carbonyl (C=O) groups is 1. The molecule has 0 radical (unpaired) electrons. The second kappa shape index (κ2) is 9.11. The van der Waals surface area contributed by atoms with E-state index < -0.39 is 0 Å². The molecular formula is C21H19N3O3S. The van der Waals surface area contributed by atoms with Crippen molar-refractivity contribution >= 4 is 34.3 Å². The number of fused-ring (bicyclic) bond motifs is 1. The number of ether oxygens (including phenoxy) is 2. The Kier molecular flexibility index (Phi) is 6.35. The molecule has 0 atom stereocenters. The molecule has 3 rings (SSSR count). The van der Waals surface area contributed by atoms with E-state index in [2.05, 4.69) is 16.4 Å². The zero-order valence-corrected chi connectivity index (χ0v) is 16.4. The Morgan fingerprint density at radius 1 is 1.18 bits per heavy atom. The highest BCUT2D eigenvalue weighted by Gasteiger charge is 2.11. The molecule has 0 fully saturated rings. The summed E-state index contributed by atoms with van der Waals surface area (Å²) in [5.74, 6) is 1.44. The molecule has 6 nitrogen and oxygen atoms in total. The predicted octanol–water partition coefficient (Wildman–Crippen LogP) is 4.24. The fraction of sp³-hybridized carbons (Fsp3) is 0.190. The molecule has 7 heteroatoms. The summed E-state index contributed by atoms with van der Waals surface area (Å²) in [5.41, 5.74) is 1.86. The number of benzene rings is 2. The van der Waals surface area contributed by atoms with E-state index in [9.17, 15) is 10.1 Å². The number of methoxy groups -OCH3 is 1. The Balaban J connectivity index is 1.68. The molecule has 1 heterocycles. The van der Waals surface area contributed by atoms with E-state index >= 15 is 0 Å². The predicted molar refractivity (Wildman–Crippen MR) is 110 cm³/mol. The van der Waals surface area contributed by atoms with Gasteiger partial charge < -0.3 is 14.8 Å². The molecule has 28 heavy (non-hydrogen) atoms. The minimum atomic E-state index is -0.172. The fourth-order valence-electron chi connectivity index (χ4n) is 2.59. The van der Waals surface area contributed by atoms with E-state index in [1.807, 2.05) is 25.1 Å². The Bertz CT molecular complexity index is 1030. The van der Waals surface area contributed by atoms with E-state index in [1.165, 1.54) is 11.8 Å². The van der Waals surface area contributed by atoms with Crippen LogP contribution in [0.3, 0.4) is 0 Å². The van der Waals surface area contributed by atoms with Crippen molar-refractivity contribution in [3.05, 3.63) is 54.1 Å². The molecule has 0 aliphatic carbocycles. The van der Waals surface area contributed by atoms with Crippen LogP contribution in [0.1, 0.15) is 12.5 Å². The number of amides is 1. The highest BCUT2D eigenvalue weighted by molar-refractivity contribution is 8.00. The van der Waals surface area contributed by atoms with Crippen LogP contribution < -0.4 is 14.8 Å². The number of anilines is 1. The summed E-state index contributed by atoms with van der Waals surface area (Å²) < 4.78 is 10.6. The van der Waals surface area contributed by atoms with Crippen LogP contribution in [0.2, 0.25) is 0 Å². The molecule has 0 spiro atoms. The second-order valence-corrected chi connectivity index (χ2v) is 6.77. The quantitative estimate of drug-likeness (QED) is 0.604. The molecule has 1 N–H and O–H groups in total. The molecule has 3 aromatic rings. The lowest BCUT2D eigenvalue weighted by atomic mass is 10.1. The van der Waals surface area contributed by atoms with Crippen LogP contribution in [0.5, 0.6) is 11.5 Å². The number of hydrogen-bond donors (Lipinski definition) is 1. The largest absolute Gasteiger partial charge is 0.497 e. The first-order valence-electron chi connectivity index (χ1n) is 8.67. The normalized spacial score (nSPS) is 10.3. The van der Waals surface area contributed by atoms with E-state index in [-0.39, 0.29) is 11.7 Å². The van der Waals surface area contributed by atoms with Crippen LogP contribution in [0, 0.1) is 11.3 Å². The summed E-state index contributed by atoms with van der Waals surface area (Å²) >= 11 is 1.23. The first-order chi connectivity index (χ1) is 13.6. The van der Waals surface area contributed by atoms with Crippen LogP contribution >= 0.6 is 11.8 Å². The zero-order valence-electron chi connectivity index (χ0n) is 15.6. The van der Waals surface area contributed by atoms with Gasteiger partial charge in [0.15, 0.2) is 0 Å². The topological polar surface area (TPSA) is 84.2 Å². The van der Waals surface area contributed by atoms with Gasteiger partial charge in [0, 0.05) is 11.1 Å². The van der Waals surface area contributed by atoms with Crippen LogP contribution in [-0.4, -0.2) is 30.4 Å². The second-order valence-electron chi connectivity index (χ2n) is 5.81. The average molecular weight is 393 g/mol. The lowest BCUT2D eigenvalue weighted by molar-refractivity contribution is -0.113. The number of rotatable bonds is 7. The van der Waals surface area contributed by atoms with Gasteiger partial charge in [-0.25, -0.2) is 4.98 Å². The summed E-state index contributed by atoms with van der Waals surface area (Å²) in [6.45, 7) is 2.51. The molecule has 0 saturated carbocycles. The van der Waals surface area contributed by atoms with Crippen molar-refractivity contribution in [1.82, 2.24) is 4.98 Å². The van der Waals surface area contributed by atoms with Crippen molar-refractivity contribution in [1.29, 1.82) is 5.26 Å². The summed E-state index contributed by atoms with van der Waals surface area (Å²) in [5, 5.41) is 13.6. The monoisotopic (exact) mass is 393 g/mol. The van der Waals surface area contributed by atoms with E-state index in [0.29, 0.717) is 28.6 Å². The highest BCUT2D eigenvalue weighted by atomic mass is 32.2. The summed E-state index contributed by atoms with van der Waals surface area (Å²) in [4.78, 5) is 16.8. The number of pyridine rings is 1. The molecule has 0 aliphatic heterocycles. The minimum absolute atomic E-state index is 0.149. The Morgan fingerprint density at radius 2 is 1.93 bits per heavy atom. The van der Waals surface area contributed by atoms with Crippen molar-refractivity contribution in [3.8, 4) is 17.6 Å². The summed E-state index contributed by atoms with van der Waals surface area (Å²) in [6, 6.07) is 16.6. The molecule has 142 valence electrons. The molecule has 0 unspecified atom stereocenters. The Labute approximate surface area is 167 Å². The SMILES string of the molecule is CCOc1ccc(NC(=O)CSc2nc3ccc(OC)cc3cc2C#N)cc1. The van der Waals surface area contributed by atoms with E-state index in [0.717, 1.165) is 16.7 Å². The van der Waals surface area contributed by atoms with Gasteiger partial charge in [-0.3, -0.25) is 4.79 Å². The van der Waals surface area contributed by atoms with Crippen molar-refractivity contribution in [2.24, 2.45) is 0 Å². The van der Waals surface area contributed by atoms with Gasteiger partial charge in [-0.05, 0) is 55.5 Å².